The van der Waals surface area contributed by atoms with E-state index < -0.39 is 11.7 Å². The maximum atomic E-state index is 13.4. The maximum absolute atomic E-state index is 13.4. The van der Waals surface area contributed by atoms with Crippen LogP contribution in [0.5, 0.6) is 0 Å². The average molecular weight is 298 g/mol. The quantitative estimate of drug-likeness (QED) is 0.856. The molecule has 5 heteroatoms. The highest BCUT2D eigenvalue weighted by Crippen LogP contribution is 2.25. The molecule has 0 unspecified atom stereocenters. The summed E-state index contributed by atoms with van der Waals surface area (Å²) in [5.74, 6) is -0.849. The molecule has 0 bridgehead atoms. The van der Waals surface area contributed by atoms with Gasteiger partial charge in [-0.3, -0.25) is 4.79 Å². The molecule has 0 aliphatic heterocycles. The molecule has 0 saturated heterocycles. The molecule has 0 fully saturated rings. The molecule has 2 nitrogen and oxygen atoms in total. The summed E-state index contributed by atoms with van der Waals surface area (Å²) in [5, 5.41) is 3.41. The van der Waals surface area contributed by atoms with Crippen LogP contribution in [0.1, 0.15) is 15.9 Å². The Morgan fingerprint density at radius 3 is 2.53 bits per heavy atom. The summed E-state index contributed by atoms with van der Waals surface area (Å²) in [6.07, 6.45) is 0. The maximum Gasteiger partial charge on any atom is 0.255 e. The molecule has 19 heavy (non-hydrogen) atoms. The molecule has 0 heterocycles. The van der Waals surface area contributed by atoms with Crippen molar-refractivity contribution in [3.63, 3.8) is 0 Å². The molecule has 2 aromatic rings. The van der Waals surface area contributed by atoms with Gasteiger partial charge < -0.3 is 5.32 Å². The molecular formula is C14H10Cl2FNO. The molecule has 0 aromatic heterocycles. The minimum atomic E-state index is -0.428. The molecule has 0 saturated carbocycles. The van der Waals surface area contributed by atoms with Crippen LogP contribution in [-0.2, 0) is 0 Å². The van der Waals surface area contributed by atoms with Crippen molar-refractivity contribution in [2.45, 2.75) is 6.92 Å². The molecule has 0 atom stereocenters. The fraction of sp³-hybridized carbons (Fsp3) is 0.0714. The summed E-state index contributed by atoms with van der Waals surface area (Å²) in [4.78, 5) is 11.9. The van der Waals surface area contributed by atoms with E-state index in [1.807, 2.05) is 0 Å². The molecule has 0 spiro atoms. The standard InChI is InChI=1S/C14H10Cl2FNO/c1-8-2-3-9(6-12(8)17)14(19)18-13-5-4-10(15)7-11(13)16/h2-7H,1H3,(H,18,19). The predicted molar refractivity (Wildman–Crippen MR) is 75.6 cm³/mol. The van der Waals surface area contributed by atoms with E-state index in [9.17, 15) is 9.18 Å². The van der Waals surface area contributed by atoms with Crippen molar-refractivity contribution >= 4 is 34.8 Å². The van der Waals surface area contributed by atoms with Gasteiger partial charge in [-0.05, 0) is 42.8 Å². The fourth-order valence-corrected chi connectivity index (χ4v) is 1.98. The van der Waals surface area contributed by atoms with Crippen LogP contribution in [0.4, 0.5) is 10.1 Å². The summed E-state index contributed by atoms with van der Waals surface area (Å²) in [6.45, 7) is 1.63. The molecule has 1 N–H and O–H groups in total. The lowest BCUT2D eigenvalue weighted by Gasteiger charge is -2.08. The first-order valence-electron chi connectivity index (χ1n) is 5.50. The van der Waals surface area contributed by atoms with Crippen LogP contribution in [0.15, 0.2) is 36.4 Å². The van der Waals surface area contributed by atoms with Crippen molar-refractivity contribution in [2.24, 2.45) is 0 Å². The highest BCUT2D eigenvalue weighted by molar-refractivity contribution is 6.36. The highest BCUT2D eigenvalue weighted by Gasteiger charge is 2.10. The Morgan fingerprint density at radius 2 is 1.89 bits per heavy atom. The zero-order chi connectivity index (χ0) is 14.0. The van der Waals surface area contributed by atoms with E-state index in [2.05, 4.69) is 5.32 Å². The number of carbonyl (C=O) groups is 1. The Labute approximate surface area is 120 Å². The monoisotopic (exact) mass is 297 g/mol. The number of halogens is 3. The van der Waals surface area contributed by atoms with Crippen molar-refractivity contribution in [1.82, 2.24) is 0 Å². The second-order valence-electron chi connectivity index (χ2n) is 4.04. The lowest BCUT2D eigenvalue weighted by molar-refractivity contribution is 0.102. The number of anilines is 1. The van der Waals surface area contributed by atoms with Crippen molar-refractivity contribution < 1.29 is 9.18 Å². The molecule has 98 valence electrons. The Bertz CT molecular complexity index is 643. The van der Waals surface area contributed by atoms with Gasteiger partial charge >= 0.3 is 0 Å². The van der Waals surface area contributed by atoms with Gasteiger partial charge in [-0.2, -0.15) is 0 Å². The van der Waals surface area contributed by atoms with Crippen molar-refractivity contribution in [3.05, 3.63) is 63.4 Å². The summed E-state index contributed by atoms with van der Waals surface area (Å²) in [5.41, 5.74) is 1.15. The number of amides is 1. The van der Waals surface area contributed by atoms with Crippen molar-refractivity contribution in [2.75, 3.05) is 5.32 Å². The van der Waals surface area contributed by atoms with Crippen molar-refractivity contribution in [3.8, 4) is 0 Å². The van der Waals surface area contributed by atoms with Gasteiger partial charge in [-0.25, -0.2) is 4.39 Å². The molecule has 2 rings (SSSR count). The van der Waals surface area contributed by atoms with Gasteiger partial charge in [0.15, 0.2) is 0 Å². The summed E-state index contributed by atoms with van der Waals surface area (Å²) >= 11 is 11.7. The van der Waals surface area contributed by atoms with Crippen LogP contribution in [-0.4, -0.2) is 5.91 Å². The lowest BCUT2D eigenvalue weighted by atomic mass is 10.1. The van der Waals surface area contributed by atoms with Gasteiger partial charge in [0, 0.05) is 10.6 Å². The number of hydrogen-bond acceptors (Lipinski definition) is 1. The molecular weight excluding hydrogens is 288 g/mol. The van der Waals surface area contributed by atoms with Crippen LogP contribution in [0.3, 0.4) is 0 Å². The van der Waals surface area contributed by atoms with Crippen molar-refractivity contribution in [1.29, 1.82) is 0 Å². The van der Waals surface area contributed by atoms with Crippen LogP contribution < -0.4 is 5.32 Å². The van der Waals surface area contributed by atoms with Crippen LogP contribution in [0.25, 0.3) is 0 Å². The minimum absolute atomic E-state index is 0.231. The highest BCUT2D eigenvalue weighted by atomic mass is 35.5. The van der Waals surface area contributed by atoms with Gasteiger partial charge in [-0.1, -0.05) is 29.3 Å². The zero-order valence-electron chi connectivity index (χ0n) is 10.0. The Balaban J connectivity index is 2.23. The molecule has 1 amide bonds. The van der Waals surface area contributed by atoms with E-state index in [0.29, 0.717) is 21.3 Å². The van der Waals surface area contributed by atoms with Gasteiger partial charge in [0.05, 0.1) is 10.7 Å². The Morgan fingerprint density at radius 1 is 1.16 bits per heavy atom. The predicted octanol–water partition coefficient (Wildman–Crippen LogP) is 4.69. The first-order valence-corrected chi connectivity index (χ1v) is 6.25. The first kappa shape index (κ1) is 13.8. The van der Waals surface area contributed by atoms with Crippen LogP contribution in [0, 0.1) is 12.7 Å². The molecule has 0 aliphatic rings. The van der Waals surface area contributed by atoms with Crippen LogP contribution >= 0.6 is 23.2 Å². The zero-order valence-corrected chi connectivity index (χ0v) is 11.5. The van der Waals surface area contributed by atoms with E-state index in [1.165, 1.54) is 12.1 Å². The lowest BCUT2D eigenvalue weighted by Crippen LogP contribution is -2.12. The second kappa shape index (κ2) is 5.59. The van der Waals surface area contributed by atoms with E-state index in [1.54, 1.807) is 31.2 Å². The average Bonchev–Trinajstić information content (AvgIpc) is 2.36. The number of aryl methyl sites for hydroxylation is 1. The summed E-state index contributed by atoms with van der Waals surface area (Å²) in [6, 6.07) is 9.01. The third kappa shape index (κ3) is 3.25. The van der Waals surface area contributed by atoms with E-state index in [0.717, 1.165) is 0 Å². The molecule has 2 aromatic carbocycles. The summed E-state index contributed by atoms with van der Waals surface area (Å²) < 4.78 is 13.4. The number of rotatable bonds is 2. The van der Waals surface area contributed by atoms with E-state index in [-0.39, 0.29) is 5.56 Å². The van der Waals surface area contributed by atoms with E-state index >= 15 is 0 Å². The molecule has 0 radical (unpaired) electrons. The topological polar surface area (TPSA) is 29.1 Å². The normalized spacial score (nSPS) is 10.3. The van der Waals surface area contributed by atoms with Gasteiger partial charge in [0.25, 0.3) is 5.91 Å². The van der Waals surface area contributed by atoms with Gasteiger partial charge in [0.2, 0.25) is 0 Å². The summed E-state index contributed by atoms with van der Waals surface area (Å²) in [7, 11) is 0. The van der Waals surface area contributed by atoms with Crippen LogP contribution in [0.2, 0.25) is 10.0 Å². The number of benzene rings is 2. The first-order chi connectivity index (χ1) is 8.97. The third-order valence-electron chi connectivity index (χ3n) is 2.61. The Kier molecular flexibility index (Phi) is 4.08. The van der Waals surface area contributed by atoms with E-state index in [4.69, 9.17) is 23.2 Å². The molecule has 0 aliphatic carbocycles. The number of carbonyl (C=O) groups excluding carboxylic acids is 1. The van der Waals surface area contributed by atoms with Gasteiger partial charge in [-0.15, -0.1) is 0 Å². The number of hydrogen-bond donors (Lipinski definition) is 1. The van der Waals surface area contributed by atoms with Gasteiger partial charge in [0.1, 0.15) is 5.82 Å². The SMILES string of the molecule is Cc1ccc(C(=O)Nc2ccc(Cl)cc2Cl)cc1F. The number of nitrogens with one attached hydrogen (secondary N) is 1. The second-order valence-corrected chi connectivity index (χ2v) is 4.89. The smallest absolute Gasteiger partial charge is 0.255 e. The fourth-order valence-electron chi connectivity index (χ4n) is 1.52. The Hall–Kier alpha value is -1.58. The minimum Gasteiger partial charge on any atom is -0.321 e. The largest absolute Gasteiger partial charge is 0.321 e. The third-order valence-corrected chi connectivity index (χ3v) is 3.16.